The minimum Gasteiger partial charge on any atom is -0.465 e. The molecule has 0 fully saturated rings. The third-order valence-electron chi connectivity index (χ3n) is 2.07. The third-order valence-corrected chi connectivity index (χ3v) is 2.56. The van der Waals surface area contributed by atoms with Gasteiger partial charge in [0.1, 0.15) is 0 Å². The largest absolute Gasteiger partial charge is 0.465 e. The summed E-state index contributed by atoms with van der Waals surface area (Å²) in [7, 11) is 1.26. The minimum atomic E-state index is -0.528. The van der Waals surface area contributed by atoms with Gasteiger partial charge in [-0.05, 0) is 23.8 Å². The SMILES string of the molecule is COC(=O)c1ccc(Br)cc1/C=C(\C)[N+](=O)[O-]. The lowest BCUT2D eigenvalue weighted by Gasteiger charge is -2.04. The third kappa shape index (κ3) is 3.39. The molecule has 0 atom stereocenters. The molecular formula is C11H10BrNO4. The standard InChI is InChI=1S/C11H10BrNO4/c1-7(13(15)16)5-8-6-9(12)3-4-10(8)11(14)17-2/h3-6H,1-2H3/b7-5+. The highest BCUT2D eigenvalue weighted by molar-refractivity contribution is 9.10. The zero-order valence-electron chi connectivity index (χ0n) is 9.27. The van der Waals surface area contributed by atoms with Crippen LogP contribution in [0.25, 0.3) is 6.08 Å². The van der Waals surface area contributed by atoms with E-state index in [1.165, 1.54) is 20.1 Å². The molecule has 5 nitrogen and oxygen atoms in total. The molecule has 0 heterocycles. The van der Waals surface area contributed by atoms with Crippen molar-refractivity contribution in [3.05, 3.63) is 49.6 Å². The summed E-state index contributed by atoms with van der Waals surface area (Å²) < 4.78 is 5.33. The second-order valence-electron chi connectivity index (χ2n) is 3.27. The van der Waals surface area contributed by atoms with Crippen molar-refractivity contribution in [2.45, 2.75) is 6.92 Å². The predicted octanol–water partition coefficient (Wildman–Crippen LogP) is 2.87. The summed E-state index contributed by atoms with van der Waals surface area (Å²) in [6.07, 6.45) is 1.33. The first kappa shape index (κ1) is 13.4. The molecule has 1 rings (SSSR count). The van der Waals surface area contributed by atoms with Crippen molar-refractivity contribution in [1.82, 2.24) is 0 Å². The molecule has 1 aromatic rings. The highest BCUT2D eigenvalue weighted by atomic mass is 79.9. The van der Waals surface area contributed by atoms with Gasteiger partial charge in [-0.3, -0.25) is 10.1 Å². The number of hydrogen-bond acceptors (Lipinski definition) is 4. The molecule has 6 heteroatoms. The van der Waals surface area contributed by atoms with E-state index in [0.717, 1.165) is 4.47 Å². The monoisotopic (exact) mass is 299 g/mol. The van der Waals surface area contributed by atoms with E-state index in [1.807, 2.05) is 0 Å². The molecule has 90 valence electrons. The van der Waals surface area contributed by atoms with Crippen molar-refractivity contribution in [1.29, 1.82) is 0 Å². The minimum absolute atomic E-state index is 0.0479. The molecule has 0 radical (unpaired) electrons. The van der Waals surface area contributed by atoms with Crippen LogP contribution >= 0.6 is 15.9 Å². The van der Waals surface area contributed by atoms with Gasteiger partial charge >= 0.3 is 5.97 Å². The molecule has 0 bridgehead atoms. The van der Waals surface area contributed by atoms with Gasteiger partial charge < -0.3 is 4.74 Å². The molecule has 0 aliphatic heterocycles. The first-order chi connectivity index (χ1) is 7.95. The number of nitrogens with zero attached hydrogens (tertiary/aromatic N) is 1. The summed E-state index contributed by atoms with van der Waals surface area (Å²) in [6, 6.07) is 4.85. The number of rotatable bonds is 3. The van der Waals surface area contributed by atoms with Crippen LogP contribution in [0.3, 0.4) is 0 Å². The Bertz CT molecular complexity index is 496. The number of allylic oxidation sites excluding steroid dienone is 1. The van der Waals surface area contributed by atoms with Crippen molar-refractivity contribution in [2.75, 3.05) is 7.11 Å². The van der Waals surface area contributed by atoms with E-state index in [9.17, 15) is 14.9 Å². The maximum atomic E-state index is 11.5. The number of halogens is 1. The summed E-state index contributed by atoms with van der Waals surface area (Å²) in [4.78, 5) is 21.5. The summed E-state index contributed by atoms with van der Waals surface area (Å²) in [5, 5.41) is 10.5. The molecule has 1 aromatic carbocycles. The molecule has 0 amide bonds. The summed E-state index contributed by atoms with van der Waals surface area (Å²) in [6.45, 7) is 1.36. The normalized spacial score (nSPS) is 11.1. The Kier molecular flexibility index (Phi) is 4.39. The lowest BCUT2D eigenvalue weighted by molar-refractivity contribution is -0.422. The molecule has 0 saturated heterocycles. The van der Waals surface area contributed by atoms with Crippen molar-refractivity contribution >= 4 is 28.0 Å². The Morgan fingerprint density at radius 2 is 2.18 bits per heavy atom. The van der Waals surface area contributed by atoms with Gasteiger partial charge in [0, 0.05) is 17.5 Å². The fourth-order valence-electron chi connectivity index (χ4n) is 1.23. The lowest BCUT2D eigenvalue weighted by Crippen LogP contribution is -2.04. The molecule has 0 spiro atoms. The average Bonchev–Trinajstić information content (AvgIpc) is 2.28. The van der Waals surface area contributed by atoms with Gasteiger partial charge in [0.25, 0.3) is 0 Å². The van der Waals surface area contributed by atoms with Crippen LogP contribution in [0, 0.1) is 10.1 Å². The van der Waals surface area contributed by atoms with Crippen LogP contribution in [0.1, 0.15) is 22.8 Å². The van der Waals surface area contributed by atoms with E-state index in [1.54, 1.807) is 18.2 Å². The van der Waals surface area contributed by atoms with Gasteiger partial charge in [-0.15, -0.1) is 0 Å². The van der Waals surface area contributed by atoms with Gasteiger partial charge in [-0.2, -0.15) is 0 Å². The molecule has 0 aromatic heterocycles. The number of esters is 1. The smallest absolute Gasteiger partial charge is 0.338 e. The zero-order valence-corrected chi connectivity index (χ0v) is 10.9. The van der Waals surface area contributed by atoms with E-state index < -0.39 is 10.9 Å². The average molecular weight is 300 g/mol. The van der Waals surface area contributed by atoms with Crippen LogP contribution in [-0.4, -0.2) is 18.0 Å². The van der Waals surface area contributed by atoms with Crippen molar-refractivity contribution in [2.24, 2.45) is 0 Å². The van der Waals surface area contributed by atoms with Gasteiger partial charge in [0.15, 0.2) is 0 Å². The first-order valence-electron chi connectivity index (χ1n) is 4.66. The van der Waals surface area contributed by atoms with Gasteiger partial charge in [0.05, 0.1) is 17.6 Å². The maximum Gasteiger partial charge on any atom is 0.338 e. The Morgan fingerprint density at radius 1 is 1.53 bits per heavy atom. The van der Waals surface area contributed by atoms with Crippen LogP contribution in [0.2, 0.25) is 0 Å². The highest BCUT2D eigenvalue weighted by Crippen LogP contribution is 2.20. The fraction of sp³-hybridized carbons (Fsp3) is 0.182. The summed E-state index contributed by atoms with van der Waals surface area (Å²) in [5.41, 5.74) is 0.686. The topological polar surface area (TPSA) is 69.4 Å². The first-order valence-corrected chi connectivity index (χ1v) is 5.45. The highest BCUT2D eigenvalue weighted by Gasteiger charge is 2.13. The maximum absolute atomic E-state index is 11.5. The van der Waals surface area contributed by atoms with E-state index >= 15 is 0 Å². The molecule has 0 aliphatic rings. The van der Waals surface area contributed by atoms with E-state index in [4.69, 9.17) is 0 Å². The molecular weight excluding hydrogens is 290 g/mol. The Hall–Kier alpha value is -1.69. The van der Waals surface area contributed by atoms with Crippen LogP contribution in [0.15, 0.2) is 28.4 Å². The summed E-state index contributed by atoms with van der Waals surface area (Å²) >= 11 is 3.24. The van der Waals surface area contributed by atoms with Crippen molar-refractivity contribution < 1.29 is 14.5 Å². The number of nitro groups is 1. The molecule has 0 N–H and O–H groups in total. The number of hydrogen-bond donors (Lipinski definition) is 0. The van der Waals surface area contributed by atoms with Crippen LogP contribution in [-0.2, 0) is 4.74 Å². The second kappa shape index (κ2) is 5.58. The zero-order chi connectivity index (χ0) is 13.0. The van der Waals surface area contributed by atoms with Gasteiger partial charge in [-0.25, -0.2) is 4.79 Å². The van der Waals surface area contributed by atoms with E-state index in [2.05, 4.69) is 20.7 Å². The van der Waals surface area contributed by atoms with E-state index in [0.29, 0.717) is 5.56 Å². The number of carbonyl (C=O) groups excluding carboxylic acids is 1. The molecule has 0 unspecified atom stereocenters. The van der Waals surface area contributed by atoms with E-state index in [-0.39, 0.29) is 11.3 Å². The second-order valence-corrected chi connectivity index (χ2v) is 4.18. The molecule has 17 heavy (non-hydrogen) atoms. The predicted molar refractivity (Wildman–Crippen MR) is 66.1 cm³/mol. The number of benzene rings is 1. The Labute approximate surface area is 106 Å². The number of carbonyl (C=O) groups is 1. The Balaban J connectivity index is 3.30. The Morgan fingerprint density at radius 3 is 2.71 bits per heavy atom. The fourth-order valence-corrected chi connectivity index (χ4v) is 1.61. The van der Waals surface area contributed by atoms with Crippen molar-refractivity contribution in [3.8, 4) is 0 Å². The number of methoxy groups -OCH3 is 1. The van der Waals surface area contributed by atoms with Crippen molar-refractivity contribution in [3.63, 3.8) is 0 Å². The van der Waals surface area contributed by atoms with Gasteiger partial charge in [0.2, 0.25) is 5.70 Å². The molecule has 0 saturated carbocycles. The summed E-state index contributed by atoms with van der Waals surface area (Å²) in [5.74, 6) is -0.528. The van der Waals surface area contributed by atoms with Crippen LogP contribution < -0.4 is 0 Å². The number of ether oxygens (including phenoxy) is 1. The van der Waals surface area contributed by atoms with Crippen LogP contribution in [0.5, 0.6) is 0 Å². The quantitative estimate of drug-likeness (QED) is 0.489. The van der Waals surface area contributed by atoms with Gasteiger partial charge in [-0.1, -0.05) is 15.9 Å². The lowest BCUT2D eigenvalue weighted by atomic mass is 10.1. The van der Waals surface area contributed by atoms with Crippen LogP contribution in [0.4, 0.5) is 0 Å². The molecule has 0 aliphatic carbocycles.